The van der Waals surface area contributed by atoms with Crippen molar-refractivity contribution in [2.75, 3.05) is 0 Å². The van der Waals surface area contributed by atoms with Gasteiger partial charge in [0.1, 0.15) is 5.82 Å². The molecule has 0 saturated carbocycles. The Labute approximate surface area is 110 Å². The topological polar surface area (TPSA) is 71.2 Å². The number of thioether (sulfide) groups is 1. The van der Waals surface area contributed by atoms with Crippen molar-refractivity contribution in [1.82, 2.24) is 14.8 Å². The molecule has 0 aliphatic carbocycles. The second kappa shape index (κ2) is 5.56. The highest BCUT2D eigenvalue weighted by Crippen LogP contribution is 2.20. The summed E-state index contributed by atoms with van der Waals surface area (Å²) in [5.41, 5.74) is 1.42. The Morgan fingerprint density at radius 1 is 1.28 bits per heavy atom. The number of hydrogen-bond donors (Lipinski definition) is 2. The molecule has 7 heteroatoms. The third-order valence-electron chi connectivity index (χ3n) is 2.74. The molecule has 0 unspecified atom stereocenters. The van der Waals surface area contributed by atoms with E-state index in [-0.39, 0.29) is 0 Å². The molecular weight excluding hydrogens is 249 g/mol. The zero-order valence-corrected chi connectivity index (χ0v) is 11.1. The number of aromatic nitrogens is 3. The van der Waals surface area contributed by atoms with Crippen molar-refractivity contribution in [3.05, 3.63) is 35.7 Å². The van der Waals surface area contributed by atoms with E-state index < -0.39 is 7.12 Å². The van der Waals surface area contributed by atoms with E-state index in [1.807, 2.05) is 30.7 Å². The standard InChI is InChI=1S/C11H14BN3O2S/c1-8-13-14-11(15(8)2)18-7-9-5-3-4-6-10(9)12(16)17/h3-6,16-17H,7H2,1-2H3. The van der Waals surface area contributed by atoms with Gasteiger partial charge in [-0.3, -0.25) is 0 Å². The Morgan fingerprint density at radius 2 is 2.00 bits per heavy atom. The van der Waals surface area contributed by atoms with Crippen molar-refractivity contribution in [3.63, 3.8) is 0 Å². The summed E-state index contributed by atoms with van der Waals surface area (Å²) in [4.78, 5) is 0. The van der Waals surface area contributed by atoms with Crippen molar-refractivity contribution in [3.8, 4) is 0 Å². The maximum Gasteiger partial charge on any atom is 0.488 e. The van der Waals surface area contributed by atoms with E-state index in [1.54, 1.807) is 12.1 Å². The first kappa shape index (κ1) is 13.1. The molecule has 0 fully saturated rings. The van der Waals surface area contributed by atoms with Gasteiger partial charge in [-0.1, -0.05) is 36.0 Å². The minimum atomic E-state index is -1.44. The number of benzene rings is 1. The highest BCUT2D eigenvalue weighted by molar-refractivity contribution is 7.98. The second-order valence-electron chi connectivity index (χ2n) is 3.95. The Hall–Kier alpha value is -1.31. The molecule has 1 aromatic carbocycles. The van der Waals surface area contributed by atoms with Gasteiger partial charge in [0, 0.05) is 12.8 Å². The van der Waals surface area contributed by atoms with Crippen LogP contribution in [0.15, 0.2) is 29.4 Å². The first-order valence-electron chi connectivity index (χ1n) is 5.52. The molecule has 94 valence electrons. The van der Waals surface area contributed by atoms with Gasteiger partial charge < -0.3 is 14.6 Å². The summed E-state index contributed by atoms with van der Waals surface area (Å²) >= 11 is 1.52. The fourth-order valence-electron chi connectivity index (χ4n) is 1.57. The lowest BCUT2D eigenvalue weighted by molar-refractivity contribution is 0.425. The predicted octanol–water partition coefficient (Wildman–Crippen LogP) is 0.0956. The van der Waals surface area contributed by atoms with Crippen LogP contribution in [-0.2, 0) is 12.8 Å². The molecule has 18 heavy (non-hydrogen) atoms. The summed E-state index contributed by atoms with van der Waals surface area (Å²) in [6.07, 6.45) is 0. The Kier molecular flexibility index (Phi) is 4.06. The molecule has 0 aliphatic rings. The summed E-state index contributed by atoms with van der Waals surface area (Å²) in [7, 11) is 0.466. The zero-order chi connectivity index (χ0) is 13.1. The van der Waals surface area contributed by atoms with E-state index in [1.165, 1.54) is 11.8 Å². The summed E-state index contributed by atoms with van der Waals surface area (Å²) in [6.45, 7) is 1.89. The summed E-state index contributed by atoms with van der Waals surface area (Å²) < 4.78 is 1.91. The van der Waals surface area contributed by atoms with Crippen molar-refractivity contribution in [2.24, 2.45) is 7.05 Å². The Balaban J connectivity index is 2.13. The van der Waals surface area contributed by atoms with Crippen LogP contribution in [0.1, 0.15) is 11.4 Å². The fourth-order valence-corrected chi connectivity index (χ4v) is 2.55. The van der Waals surface area contributed by atoms with Crippen LogP contribution in [0.25, 0.3) is 0 Å². The van der Waals surface area contributed by atoms with Gasteiger partial charge >= 0.3 is 7.12 Å². The average Bonchev–Trinajstić information content (AvgIpc) is 2.68. The molecule has 0 atom stereocenters. The van der Waals surface area contributed by atoms with Gasteiger partial charge in [-0.05, 0) is 17.9 Å². The Bertz CT molecular complexity index is 545. The van der Waals surface area contributed by atoms with E-state index >= 15 is 0 Å². The SMILES string of the molecule is Cc1nnc(SCc2ccccc2B(O)O)n1C. The van der Waals surface area contributed by atoms with E-state index in [9.17, 15) is 10.0 Å². The maximum atomic E-state index is 9.27. The van der Waals surface area contributed by atoms with Gasteiger partial charge in [0.05, 0.1) is 0 Å². The van der Waals surface area contributed by atoms with Crippen molar-refractivity contribution in [2.45, 2.75) is 17.8 Å². The van der Waals surface area contributed by atoms with E-state index in [0.29, 0.717) is 11.2 Å². The van der Waals surface area contributed by atoms with Gasteiger partial charge in [0.15, 0.2) is 5.16 Å². The monoisotopic (exact) mass is 263 g/mol. The minimum absolute atomic E-state index is 0.531. The van der Waals surface area contributed by atoms with Crippen LogP contribution in [-0.4, -0.2) is 31.9 Å². The second-order valence-corrected chi connectivity index (χ2v) is 4.89. The van der Waals surface area contributed by atoms with Crippen LogP contribution in [0.2, 0.25) is 0 Å². The summed E-state index contributed by atoms with van der Waals surface area (Å²) in [5.74, 6) is 1.48. The molecule has 5 nitrogen and oxygen atoms in total. The highest BCUT2D eigenvalue weighted by Gasteiger charge is 2.16. The predicted molar refractivity (Wildman–Crippen MR) is 71.6 cm³/mol. The third-order valence-corrected chi connectivity index (χ3v) is 3.81. The smallest absolute Gasteiger partial charge is 0.423 e. The van der Waals surface area contributed by atoms with Crippen LogP contribution < -0.4 is 5.46 Å². The van der Waals surface area contributed by atoms with Crippen LogP contribution in [0.5, 0.6) is 0 Å². The molecule has 2 aromatic rings. The lowest BCUT2D eigenvalue weighted by Gasteiger charge is -2.07. The van der Waals surface area contributed by atoms with Crippen LogP contribution in [0.3, 0.4) is 0 Å². The van der Waals surface area contributed by atoms with Crippen LogP contribution in [0.4, 0.5) is 0 Å². The molecule has 0 radical (unpaired) electrons. The molecule has 0 bridgehead atoms. The first-order chi connectivity index (χ1) is 8.59. The van der Waals surface area contributed by atoms with Gasteiger partial charge in [-0.2, -0.15) is 0 Å². The number of hydrogen-bond acceptors (Lipinski definition) is 5. The number of rotatable bonds is 4. The molecule has 1 heterocycles. The molecule has 0 saturated heterocycles. The van der Waals surface area contributed by atoms with Crippen LogP contribution >= 0.6 is 11.8 Å². The largest absolute Gasteiger partial charge is 0.488 e. The molecule has 0 amide bonds. The fraction of sp³-hybridized carbons (Fsp3) is 0.273. The minimum Gasteiger partial charge on any atom is -0.423 e. The van der Waals surface area contributed by atoms with Crippen molar-refractivity contribution >= 4 is 24.3 Å². The normalized spacial score (nSPS) is 10.7. The van der Waals surface area contributed by atoms with E-state index in [0.717, 1.165) is 16.5 Å². The van der Waals surface area contributed by atoms with Gasteiger partial charge in [-0.15, -0.1) is 10.2 Å². The average molecular weight is 263 g/mol. The summed E-state index contributed by atoms with van der Waals surface area (Å²) in [5, 5.41) is 27.4. The molecule has 0 aliphatic heterocycles. The summed E-state index contributed by atoms with van der Waals surface area (Å²) in [6, 6.07) is 7.26. The lowest BCUT2D eigenvalue weighted by atomic mass is 9.77. The van der Waals surface area contributed by atoms with Gasteiger partial charge in [-0.25, -0.2) is 0 Å². The van der Waals surface area contributed by atoms with E-state index in [2.05, 4.69) is 10.2 Å². The molecule has 1 aromatic heterocycles. The number of aryl methyl sites for hydroxylation is 1. The highest BCUT2D eigenvalue weighted by atomic mass is 32.2. The number of nitrogens with zero attached hydrogens (tertiary/aromatic N) is 3. The molecule has 2 rings (SSSR count). The molecule has 2 N–H and O–H groups in total. The van der Waals surface area contributed by atoms with Gasteiger partial charge in [0.25, 0.3) is 0 Å². The Morgan fingerprint density at radius 3 is 2.61 bits per heavy atom. The first-order valence-corrected chi connectivity index (χ1v) is 6.51. The van der Waals surface area contributed by atoms with E-state index in [4.69, 9.17) is 0 Å². The van der Waals surface area contributed by atoms with Crippen molar-refractivity contribution < 1.29 is 10.0 Å². The molecule has 0 spiro atoms. The van der Waals surface area contributed by atoms with Gasteiger partial charge in [0.2, 0.25) is 0 Å². The quantitative estimate of drug-likeness (QED) is 0.604. The van der Waals surface area contributed by atoms with Crippen LogP contribution in [0, 0.1) is 6.92 Å². The maximum absolute atomic E-state index is 9.27. The third kappa shape index (κ3) is 2.74. The van der Waals surface area contributed by atoms with Crippen molar-refractivity contribution in [1.29, 1.82) is 0 Å². The molecular formula is C11H14BN3O2S. The zero-order valence-electron chi connectivity index (χ0n) is 10.2. The lowest BCUT2D eigenvalue weighted by Crippen LogP contribution is -2.32.